The number of aryl methyl sites for hydroxylation is 2. The van der Waals surface area contributed by atoms with E-state index in [4.69, 9.17) is 4.52 Å². The summed E-state index contributed by atoms with van der Waals surface area (Å²) in [5.41, 5.74) is 2.80. The number of carbonyl (C=O) groups excluding carboxylic acids is 1. The predicted octanol–water partition coefficient (Wildman–Crippen LogP) is 4.24. The van der Waals surface area contributed by atoms with Crippen LogP contribution in [0.4, 0.5) is 8.78 Å². The first-order valence-corrected chi connectivity index (χ1v) is 9.08. The number of halogens is 2. The molecular weight excluding hydrogens is 380 g/mol. The summed E-state index contributed by atoms with van der Waals surface area (Å²) in [6, 6.07) is 14.0. The fourth-order valence-electron chi connectivity index (χ4n) is 2.72. The molecule has 8 heteroatoms. The first-order chi connectivity index (χ1) is 13.9. The molecular formula is C21H21F2N3O3. The minimum atomic E-state index is -2.86. The van der Waals surface area contributed by atoms with Crippen LogP contribution in [0, 0.1) is 6.92 Å². The maximum atomic E-state index is 12.4. The summed E-state index contributed by atoms with van der Waals surface area (Å²) < 4.78 is 33.9. The number of aromatic nitrogens is 2. The minimum Gasteiger partial charge on any atom is -0.435 e. The molecule has 0 aliphatic rings. The molecule has 2 aromatic carbocycles. The van der Waals surface area contributed by atoms with Gasteiger partial charge in [0.2, 0.25) is 17.6 Å². The van der Waals surface area contributed by atoms with E-state index in [2.05, 4.69) is 14.9 Å². The fraction of sp³-hybridized carbons (Fsp3) is 0.286. The van der Waals surface area contributed by atoms with Crippen molar-refractivity contribution < 1.29 is 22.8 Å². The minimum absolute atomic E-state index is 0.0819. The van der Waals surface area contributed by atoms with Gasteiger partial charge in [-0.2, -0.15) is 13.8 Å². The molecule has 0 atom stereocenters. The summed E-state index contributed by atoms with van der Waals surface area (Å²) in [5.74, 6) is 0.884. The molecule has 0 saturated heterocycles. The number of ether oxygens (including phenoxy) is 1. The summed E-state index contributed by atoms with van der Waals surface area (Å²) in [7, 11) is 1.68. The van der Waals surface area contributed by atoms with Crippen molar-refractivity contribution >= 4 is 5.91 Å². The fourth-order valence-corrected chi connectivity index (χ4v) is 2.72. The van der Waals surface area contributed by atoms with Gasteiger partial charge < -0.3 is 14.2 Å². The van der Waals surface area contributed by atoms with Crippen molar-refractivity contribution in [1.82, 2.24) is 15.0 Å². The van der Waals surface area contributed by atoms with Crippen molar-refractivity contribution in [2.75, 3.05) is 7.05 Å². The standard InChI is InChI=1S/C21H21F2N3O3/c1-14-3-7-16(8-4-14)20-24-18(29-25-20)11-12-19(27)26(2)13-15-5-9-17(10-6-15)28-21(22)23/h3-10,21H,11-13H2,1-2H3. The monoisotopic (exact) mass is 401 g/mol. The highest BCUT2D eigenvalue weighted by atomic mass is 19.3. The van der Waals surface area contributed by atoms with Crippen LogP contribution in [0.25, 0.3) is 11.4 Å². The van der Waals surface area contributed by atoms with Gasteiger partial charge in [0.25, 0.3) is 0 Å². The van der Waals surface area contributed by atoms with E-state index in [0.717, 1.165) is 16.7 Å². The number of nitrogens with zero attached hydrogens (tertiary/aromatic N) is 3. The Morgan fingerprint density at radius 3 is 2.48 bits per heavy atom. The molecule has 0 aliphatic heterocycles. The molecule has 0 saturated carbocycles. The summed E-state index contributed by atoms with van der Waals surface area (Å²) >= 11 is 0. The van der Waals surface area contributed by atoms with Crippen LogP contribution in [0.3, 0.4) is 0 Å². The molecule has 0 aliphatic carbocycles. The Morgan fingerprint density at radius 1 is 1.14 bits per heavy atom. The van der Waals surface area contributed by atoms with Crippen molar-refractivity contribution in [2.24, 2.45) is 0 Å². The smallest absolute Gasteiger partial charge is 0.387 e. The van der Waals surface area contributed by atoms with Gasteiger partial charge >= 0.3 is 6.61 Å². The summed E-state index contributed by atoms with van der Waals surface area (Å²) in [4.78, 5) is 18.3. The van der Waals surface area contributed by atoms with Gasteiger partial charge in [-0.25, -0.2) is 0 Å². The molecule has 0 fully saturated rings. The summed E-state index contributed by atoms with van der Waals surface area (Å²) in [5, 5.41) is 3.96. The molecule has 0 unspecified atom stereocenters. The first-order valence-electron chi connectivity index (χ1n) is 9.08. The highest BCUT2D eigenvalue weighted by Gasteiger charge is 2.14. The normalized spacial score (nSPS) is 10.9. The average molecular weight is 401 g/mol. The SMILES string of the molecule is Cc1ccc(-c2noc(CCC(=O)N(C)Cc3ccc(OC(F)F)cc3)n2)cc1. The van der Waals surface area contributed by atoms with Crippen molar-refractivity contribution in [2.45, 2.75) is 32.9 Å². The van der Waals surface area contributed by atoms with E-state index in [-0.39, 0.29) is 18.1 Å². The molecule has 1 heterocycles. The van der Waals surface area contributed by atoms with Crippen LogP contribution in [0.1, 0.15) is 23.4 Å². The van der Waals surface area contributed by atoms with E-state index in [1.807, 2.05) is 31.2 Å². The van der Waals surface area contributed by atoms with E-state index in [1.165, 1.54) is 12.1 Å². The quantitative estimate of drug-likeness (QED) is 0.565. The van der Waals surface area contributed by atoms with Crippen LogP contribution >= 0.6 is 0 Å². The van der Waals surface area contributed by atoms with Crippen LogP contribution in [-0.4, -0.2) is 34.6 Å². The van der Waals surface area contributed by atoms with Crippen molar-refractivity contribution in [3.8, 4) is 17.1 Å². The molecule has 0 radical (unpaired) electrons. The lowest BCUT2D eigenvalue weighted by molar-refractivity contribution is -0.130. The Morgan fingerprint density at radius 2 is 1.83 bits per heavy atom. The van der Waals surface area contributed by atoms with Crippen molar-refractivity contribution in [3.63, 3.8) is 0 Å². The van der Waals surface area contributed by atoms with E-state index in [9.17, 15) is 13.6 Å². The Labute approximate surface area is 167 Å². The lowest BCUT2D eigenvalue weighted by Gasteiger charge is -2.17. The Hall–Kier alpha value is -3.29. The van der Waals surface area contributed by atoms with Gasteiger partial charge in [-0.3, -0.25) is 4.79 Å². The molecule has 1 aromatic heterocycles. The zero-order valence-corrected chi connectivity index (χ0v) is 16.1. The number of carbonyl (C=O) groups is 1. The maximum Gasteiger partial charge on any atom is 0.387 e. The molecule has 152 valence electrons. The topological polar surface area (TPSA) is 68.5 Å². The number of hydrogen-bond donors (Lipinski definition) is 0. The zero-order chi connectivity index (χ0) is 20.8. The lowest BCUT2D eigenvalue weighted by atomic mass is 10.1. The second-order valence-corrected chi connectivity index (χ2v) is 6.65. The lowest BCUT2D eigenvalue weighted by Crippen LogP contribution is -2.26. The first kappa shape index (κ1) is 20.4. The Kier molecular flexibility index (Phi) is 6.54. The second-order valence-electron chi connectivity index (χ2n) is 6.65. The third kappa shape index (κ3) is 5.84. The number of hydrogen-bond acceptors (Lipinski definition) is 5. The predicted molar refractivity (Wildman–Crippen MR) is 102 cm³/mol. The van der Waals surface area contributed by atoms with Crippen molar-refractivity contribution in [3.05, 3.63) is 65.5 Å². The van der Waals surface area contributed by atoms with Crippen LogP contribution in [0.15, 0.2) is 53.1 Å². The maximum absolute atomic E-state index is 12.4. The van der Waals surface area contributed by atoms with Gasteiger partial charge in [0.05, 0.1) is 0 Å². The third-order valence-electron chi connectivity index (χ3n) is 4.32. The summed E-state index contributed by atoms with van der Waals surface area (Å²) in [6.45, 7) is -0.507. The van der Waals surface area contributed by atoms with E-state index >= 15 is 0 Å². The van der Waals surface area contributed by atoms with Gasteiger partial charge in [0.15, 0.2) is 0 Å². The van der Waals surface area contributed by atoms with Crippen LogP contribution in [0.2, 0.25) is 0 Å². The molecule has 29 heavy (non-hydrogen) atoms. The molecule has 1 amide bonds. The van der Waals surface area contributed by atoms with E-state index < -0.39 is 6.61 Å². The Balaban J connectivity index is 1.50. The largest absolute Gasteiger partial charge is 0.435 e. The highest BCUT2D eigenvalue weighted by Crippen LogP contribution is 2.18. The third-order valence-corrected chi connectivity index (χ3v) is 4.32. The van der Waals surface area contributed by atoms with Crippen LogP contribution in [0.5, 0.6) is 5.75 Å². The van der Waals surface area contributed by atoms with Crippen LogP contribution < -0.4 is 4.74 Å². The van der Waals surface area contributed by atoms with E-state index in [1.54, 1.807) is 24.1 Å². The number of rotatable bonds is 8. The number of amides is 1. The Bertz CT molecular complexity index is 941. The molecule has 0 N–H and O–H groups in total. The zero-order valence-electron chi connectivity index (χ0n) is 16.1. The highest BCUT2D eigenvalue weighted by molar-refractivity contribution is 5.76. The molecule has 3 rings (SSSR count). The average Bonchev–Trinajstić information content (AvgIpc) is 3.16. The van der Waals surface area contributed by atoms with Gasteiger partial charge in [-0.15, -0.1) is 0 Å². The van der Waals surface area contributed by atoms with Gasteiger partial charge in [-0.1, -0.05) is 47.1 Å². The van der Waals surface area contributed by atoms with E-state index in [0.29, 0.717) is 24.7 Å². The van der Waals surface area contributed by atoms with Gasteiger partial charge in [0.1, 0.15) is 5.75 Å². The number of benzene rings is 2. The number of alkyl halides is 2. The van der Waals surface area contributed by atoms with Gasteiger partial charge in [0, 0.05) is 32.0 Å². The van der Waals surface area contributed by atoms with Crippen molar-refractivity contribution in [1.29, 1.82) is 0 Å². The summed E-state index contributed by atoms with van der Waals surface area (Å²) in [6.07, 6.45) is 0.557. The molecule has 0 spiro atoms. The second kappa shape index (κ2) is 9.27. The molecule has 0 bridgehead atoms. The molecule has 6 nitrogen and oxygen atoms in total. The van der Waals surface area contributed by atoms with Gasteiger partial charge in [-0.05, 0) is 24.6 Å². The molecule has 3 aromatic rings. The van der Waals surface area contributed by atoms with Crippen LogP contribution in [-0.2, 0) is 17.8 Å².